The summed E-state index contributed by atoms with van der Waals surface area (Å²) in [5, 5.41) is 0.182. The Bertz CT molecular complexity index is 2030. The van der Waals surface area contributed by atoms with Crippen LogP contribution in [0.2, 0.25) is 0 Å². The molecule has 45 heavy (non-hydrogen) atoms. The van der Waals surface area contributed by atoms with E-state index in [1.54, 1.807) is 17.0 Å². The molecular formula is C30H32FN9O4S. The quantitative estimate of drug-likeness (QED) is 0.307. The number of carbonyl (C=O) groups is 1. The second kappa shape index (κ2) is 11.3. The average Bonchev–Trinajstić information content (AvgIpc) is 2.98. The Morgan fingerprint density at radius 1 is 1.18 bits per heavy atom. The normalized spacial score (nSPS) is 17.8. The number of likely N-dealkylation sites (N-methyl/N-ethyl adjacent to an activating group) is 1. The van der Waals surface area contributed by atoms with Crippen LogP contribution in [0.1, 0.15) is 18.4 Å². The van der Waals surface area contributed by atoms with Crippen LogP contribution in [0.4, 0.5) is 16.0 Å². The monoisotopic (exact) mass is 633 g/mol. The van der Waals surface area contributed by atoms with Crippen molar-refractivity contribution in [3.05, 3.63) is 71.3 Å². The molecule has 6 rings (SSSR count). The van der Waals surface area contributed by atoms with Gasteiger partial charge in [0.2, 0.25) is 5.91 Å². The van der Waals surface area contributed by atoms with Crippen molar-refractivity contribution in [2.75, 3.05) is 56.7 Å². The first kappa shape index (κ1) is 30.3. The molecule has 0 aliphatic carbocycles. The van der Waals surface area contributed by atoms with E-state index in [2.05, 4.69) is 31.4 Å². The third-order valence-corrected chi connectivity index (χ3v) is 9.47. The van der Waals surface area contributed by atoms with Crippen molar-refractivity contribution < 1.29 is 17.6 Å². The Balaban J connectivity index is 1.67. The molecule has 0 saturated carbocycles. The fourth-order valence-electron chi connectivity index (χ4n) is 6.14. The first-order chi connectivity index (χ1) is 21.4. The Morgan fingerprint density at radius 2 is 1.93 bits per heavy atom. The molecule has 1 amide bonds. The summed E-state index contributed by atoms with van der Waals surface area (Å²) in [5.41, 5.74) is 5.94. The van der Waals surface area contributed by atoms with Gasteiger partial charge in [-0.1, -0.05) is 18.7 Å². The summed E-state index contributed by atoms with van der Waals surface area (Å²) >= 11 is 0. The molecule has 3 aromatic heterocycles. The van der Waals surface area contributed by atoms with Crippen molar-refractivity contribution in [2.45, 2.75) is 23.8 Å². The molecule has 15 heteroatoms. The maximum absolute atomic E-state index is 16.0. The van der Waals surface area contributed by atoms with E-state index in [4.69, 9.17) is 5.73 Å². The number of pyridine rings is 1. The van der Waals surface area contributed by atoms with Gasteiger partial charge in [0.25, 0.3) is 0 Å². The summed E-state index contributed by atoms with van der Waals surface area (Å²) in [6, 6.07) is 5.79. The minimum absolute atomic E-state index is 0.00789. The number of para-hydroxylation sites is 1. The first-order valence-corrected chi connectivity index (χ1v) is 16.2. The minimum Gasteiger partial charge on any atom is -0.383 e. The summed E-state index contributed by atoms with van der Waals surface area (Å²) in [5.74, 6) is -0.905. The molecule has 0 unspecified atom stereocenters. The van der Waals surface area contributed by atoms with E-state index in [0.717, 1.165) is 10.8 Å². The van der Waals surface area contributed by atoms with Gasteiger partial charge in [0.1, 0.15) is 23.7 Å². The summed E-state index contributed by atoms with van der Waals surface area (Å²) < 4.78 is 43.5. The van der Waals surface area contributed by atoms with Crippen molar-refractivity contribution in [1.29, 1.82) is 0 Å². The summed E-state index contributed by atoms with van der Waals surface area (Å²) in [6.07, 6.45) is 4.86. The number of benzene rings is 1. The zero-order valence-electron chi connectivity index (χ0n) is 25.0. The number of anilines is 2. The van der Waals surface area contributed by atoms with Gasteiger partial charge in [-0.05, 0) is 37.7 Å². The number of fused-ring (bicyclic) bond motifs is 1. The predicted octanol–water partition coefficient (Wildman–Crippen LogP) is 1.61. The fraction of sp³-hybridized carbons (Fsp3) is 0.333. The van der Waals surface area contributed by atoms with E-state index in [1.807, 2.05) is 18.9 Å². The number of piperazine rings is 1. The lowest BCUT2D eigenvalue weighted by molar-refractivity contribution is -0.126. The van der Waals surface area contributed by atoms with E-state index in [0.29, 0.717) is 38.3 Å². The molecule has 5 heterocycles. The van der Waals surface area contributed by atoms with Crippen LogP contribution >= 0.6 is 0 Å². The van der Waals surface area contributed by atoms with Crippen molar-refractivity contribution in [2.24, 2.45) is 0 Å². The summed E-state index contributed by atoms with van der Waals surface area (Å²) in [6.45, 7) is 7.67. The molecule has 234 valence electrons. The third kappa shape index (κ3) is 5.31. The van der Waals surface area contributed by atoms with Gasteiger partial charge in [-0.3, -0.25) is 4.79 Å². The van der Waals surface area contributed by atoms with Crippen LogP contribution in [0.25, 0.3) is 28.0 Å². The highest BCUT2D eigenvalue weighted by molar-refractivity contribution is 7.90. The highest BCUT2D eigenvalue weighted by Gasteiger charge is 2.34. The number of carbonyl (C=O) groups excluding carboxylic acids is 1. The maximum atomic E-state index is 16.0. The van der Waals surface area contributed by atoms with E-state index in [9.17, 15) is 18.0 Å². The highest BCUT2D eigenvalue weighted by Crippen LogP contribution is 2.37. The van der Waals surface area contributed by atoms with Crippen molar-refractivity contribution in [3.63, 3.8) is 0 Å². The number of nitrogens with two attached hydrogens (primary N) is 1. The minimum atomic E-state index is -3.85. The lowest BCUT2D eigenvalue weighted by Gasteiger charge is -2.40. The van der Waals surface area contributed by atoms with Crippen LogP contribution in [-0.4, -0.2) is 101 Å². The molecule has 0 spiro atoms. The second-order valence-corrected chi connectivity index (χ2v) is 13.5. The standard InChI is InChI=1S/C30H32FN9O4S/c1-5-24(41)38-9-10-39(17(2)13-38)28-20-11-22(31)25(21-12-33-16-34-27(21)32)35-29(20)40(30(42)36-28)26-19(18-14-37(3)15-18)7-6-8-23(26)45(4,43)44/h5-8,11-12,16-18H,1,9-10,13-15H2,2-4H3,(H2,32,33,34)/t17-/m0/s1. The van der Waals surface area contributed by atoms with Crippen molar-refractivity contribution in [1.82, 2.24) is 34.3 Å². The van der Waals surface area contributed by atoms with Gasteiger partial charge < -0.3 is 20.4 Å². The molecule has 4 aromatic rings. The van der Waals surface area contributed by atoms with Crippen LogP contribution in [0.3, 0.4) is 0 Å². The van der Waals surface area contributed by atoms with Crippen molar-refractivity contribution in [3.8, 4) is 16.9 Å². The van der Waals surface area contributed by atoms with Gasteiger partial charge in [-0.25, -0.2) is 37.1 Å². The van der Waals surface area contributed by atoms with E-state index >= 15 is 4.39 Å². The average molecular weight is 634 g/mol. The molecule has 2 aliphatic rings. The summed E-state index contributed by atoms with van der Waals surface area (Å²) in [7, 11) is -1.91. The van der Waals surface area contributed by atoms with Gasteiger partial charge in [-0.15, -0.1) is 0 Å². The fourth-order valence-corrected chi connectivity index (χ4v) is 7.03. The largest absolute Gasteiger partial charge is 0.383 e. The molecule has 0 bridgehead atoms. The number of hydrogen-bond donors (Lipinski definition) is 1. The molecular weight excluding hydrogens is 601 g/mol. The van der Waals surface area contributed by atoms with Crippen LogP contribution in [-0.2, 0) is 14.6 Å². The molecule has 1 atom stereocenters. The number of likely N-dealkylation sites (tertiary alicyclic amines) is 1. The number of sulfone groups is 1. The van der Waals surface area contributed by atoms with Gasteiger partial charge in [0.15, 0.2) is 21.3 Å². The Morgan fingerprint density at radius 3 is 2.58 bits per heavy atom. The number of rotatable bonds is 6. The SMILES string of the molecule is C=CC(=O)N1CCN(c2nc(=O)n(-c3c(C4CN(C)C4)cccc3S(C)(=O)=O)c3nc(-c4cncnc4N)c(F)cc23)[C@@H](C)C1. The number of hydrogen-bond acceptors (Lipinski definition) is 11. The van der Waals surface area contributed by atoms with Crippen LogP contribution < -0.4 is 16.3 Å². The number of amides is 1. The second-order valence-electron chi connectivity index (χ2n) is 11.5. The molecule has 2 fully saturated rings. The molecule has 13 nitrogen and oxygen atoms in total. The van der Waals surface area contributed by atoms with Crippen molar-refractivity contribution >= 4 is 38.4 Å². The number of halogens is 1. The van der Waals surface area contributed by atoms with Gasteiger partial charge >= 0.3 is 5.69 Å². The third-order valence-electron chi connectivity index (χ3n) is 8.34. The zero-order chi connectivity index (χ0) is 32.2. The van der Waals surface area contributed by atoms with Gasteiger partial charge in [-0.2, -0.15) is 4.98 Å². The van der Waals surface area contributed by atoms with E-state index in [1.165, 1.54) is 30.7 Å². The molecule has 2 aliphatic heterocycles. The zero-order valence-corrected chi connectivity index (χ0v) is 25.8. The Labute approximate surface area is 258 Å². The van der Waals surface area contributed by atoms with Gasteiger partial charge in [0.05, 0.1) is 21.5 Å². The highest BCUT2D eigenvalue weighted by atomic mass is 32.2. The lowest BCUT2D eigenvalue weighted by atomic mass is 9.90. The maximum Gasteiger partial charge on any atom is 0.355 e. The Kier molecular flexibility index (Phi) is 7.61. The van der Waals surface area contributed by atoms with Crippen LogP contribution in [0.5, 0.6) is 0 Å². The number of nitrogen functional groups attached to an aromatic ring is 1. The molecule has 1 aromatic carbocycles. The van der Waals surface area contributed by atoms with Crippen LogP contribution in [0, 0.1) is 5.82 Å². The lowest BCUT2D eigenvalue weighted by Crippen LogP contribution is -2.54. The first-order valence-electron chi connectivity index (χ1n) is 14.3. The molecule has 2 N–H and O–H groups in total. The molecule has 0 radical (unpaired) electrons. The summed E-state index contributed by atoms with van der Waals surface area (Å²) in [4.78, 5) is 49.0. The van der Waals surface area contributed by atoms with E-state index in [-0.39, 0.29) is 62.4 Å². The molecule has 2 saturated heterocycles. The Hall–Kier alpha value is -4.76. The topological polar surface area (TPSA) is 161 Å². The number of aromatic nitrogens is 5. The number of nitrogens with zero attached hydrogens (tertiary/aromatic N) is 8. The van der Waals surface area contributed by atoms with Gasteiger partial charge in [0, 0.05) is 57.1 Å². The predicted molar refractivity (Wildman–Crippen MR) is 167 cm³/mol. The van der Waals surface area contributed by atoms with Crippen LogP contribution in [0.15, 0.2) is 59.1 Å². The van der Waals surface area contributed by atoms with E-state index < -0.39 is 21.3 Å². The smallest absolute Gasteiger partial charge is 0.355 e.